The lowest BCUT2D eigenvalue weighted by Crippen LogP contribution is -2.36. The molecular weight excluding hydrogens is 344 g/mol. The predicted octanol–water partition coefficient (Wildman–Crippen LogP) is 3.64. The van der Waals surface area contributed by atoms with Gasteiger partial charge in [0.2, 0.25) is 0 Å². The number of aliphatic imine (C=N–C) groups is 1. The van der Waals surface area contributed by atoms with Gasteiger partial charge in [0.15, 0.2) is 5.96 Å². The number of non-ortho nitro benzene ring substituents is 1. The number of hydrogen-bond donors (Lipinski definition) is 2. The second-order valence-corrected chi connectivity index (χ2v) is 7.03. The number of nitro groups is 1. The fourth-order valence-electron chi connectivity index (χ4n) is 2.40. The van der Waals surface area contributed by atoms with Gasteiger partial charge < -0.3 is 15.4 Å². The summed E-state index contributed by atoms with van der Waals surface area (Å²) in [5.74, 6) is 1.47. The van der Waals surface area contributed by atoms with Gasteiger partial charge >= 0.3 is 0 Å². The Hall–Kier alpha value is -3.09. The summed E-state index contributed by atoms with van der Waals surface area (Å²) in [4.78, 5) is 14.5. The van der Waals surface area contributed by atoms with Crippen LogP contribution in [0.25, 0.3) is 0 Å². The first-order chi connectivity index (χ1) is 12.8. The minimum absolute atomic E-state index is 0.0803. The number of nitrogens with zero attached hydrogens (tertiary/aromatic N) is 2. The SMILES string of the molecule is CN=C(NCc1ccc([N+](=O)[O-])cc1)NCc1ccccc1OC(C)(C)C. The standard InChI is InChI=1S/C20H26N4O3/c1-20(2,3)27-18-8-6-5-7-16(18)14-23-19(21-4)22-13-15-9-11-17(12-10-15)24(25)26/h5-12H,13-14H2,1-4H3,(H2,21,22,23). The maximum Gasteiger partial charge on any atom is 0.269 e. The van der Waals surface area contributed by atoms with Crippen LogP contribution in [0.1, 0.15) is 31.9 Å². The second-order valence-electron chi connectivity index (χ2n) is 7.03. The summed E-state index contributed by atoms with van der Waals surface area (Å²) in [6, 6.07) is 14.3. The zero-order valence-corrected chi connectivity index (χ0v) is 16.2. The summed E-state index contributed by atoms with van der Waals surface area (Å²) in [6.45, 7) is 7.12. The van der Waals surface area contributed by atoms with Crippen molar-refractivity contribution in [3.8, 4) is 5.75 Å². The molecule has 0 saturated carbocycles. The van der Waals surface area contributed by atoms with E-state index in [-0.39, 0.29) is 11.3 Å². The third-order valence-electron chi connectivity index (χ3n) is 3.67. The van der Waals surface area contributed by atoms with Gasteiger partial charge in [0.05, 0.1) is 4.92 Å². The first-order valence-electron chi connectivity index (χ1n) is 8.73. The van der Waals surface area contributed by atoms with Crippen molar-refractivity contribution in [1.29, 1.82) is 0 Å². The highest BCUT2D eigenvalue weighted by molar-refractivity contribution is 5.79. The van der Waals surface area contributed by atoms with Crippen LogP contribution >= 0.6 is 0 Å². The van der Waals surface area contributed by atoms with Gasteiger partial charge in [-0.15, -0.1) is 0 Å². The molecule has 0 amide bonds. The summed E-state index contributed by atoms with van der Waals surface area (Å²) in [7, 11) is 1.70. The van der Waals surface area contributed by atoms with Crippen molar-refractivity contribution in [1.82, 2.24) is 10.6 Å². The Morgan fingerprint density at radius 3 is 2.30 bits per heavy atom. The van der Waals surface area contributed by atoms with Crippen LogP contribution in [0.2, 0.25) is 0 Å². The molecule has 0 unspecified atom stereocenters. The summed E-state index contributed by atoms with van der Waals surface area (Å²) in [5.41, 5.74) is 1.77. The molecule has 2 aromatic carbocycles. The van der Waals surface area contributed by atoms with Crippen LogP contribution in [0.5, 0.6) is 5.75 Å². The smallest absolute Gasteiger partial charge is 0.269 e. The van der Waals surface area contributed by atoms with E-state index in [2.05, 4.69) is 15.6 Å². The van der Waals surface area contributed by atoms with Gasteiger partial charge in [-0.2, -0.15) is 0 Å². The molecule has 7 nitrogen and oxygen atoms in total. The van der Waals surface area contributed by atoms with Gasteiger partial charge in [0.1, 0.15) is 11.4 Å². The van der Waals surface area contributed by atoms with E-state index in [0.29, 0.717) is 19.0 Å². The van der Waals surface area contributed by atoms with Crippen molar-refractivity contribution in [2.24, 2.45) is 4.99 Å². The van der Waals surface area contributed by atoms with Crippen LogP contribution < -0.4 is 15.4 Å². The zero-order valence-electron chi connectivity index (χ0n) is 16.2. The van der Waals surface area contributed by atoms with Crippen LogP contribution in [0, 0.1) is 10.1 Å². The molecule has 0 atom stereocenters. The molecular formula is C20H26N4O3. The van der Waals surface area contributed by atoms with Gasteiger partial charge in [-0.3, -0.25) is 15.1 Å². The van der Waals surface area contributed by atoms with E-state index in [0.717, 1.165) is 16.9 Å². The van der Waals surface area contributed by atoms with Crippen LogP contribution in [-0.2, 0) is 13.1 Å². The lowest BCUT2D eigenvalue weighted by atomic mass is 10.1. The second kappa shape index (κ2) is 9.02. The highest BCUT2D eigenvalue weighted by Gasteiger charge is 2.14. The minimum Gasteiger partial charge on any atom is -0.488 e. The van der Waals surface area contributed by atoms with Crippen molar-refractivity contribution in [3.05, 3.63) is 69.8 Å². The Balaban J connectivity index is 1.93. The molecule has 0 bridgehead atoms. The predicted molar refractivity (Wildman–Crippen MR) is 107 cm³/mol. The lowest BCUT2D eigenvalue weighted by Gasteiger charge is -2.23. The number of hydrogen-bond acceptors (Lipinski definition) is 4. The monoisotopic (exact) mass is 370 g/mol. The fraction of sp³-hybridized carbons (Fsp3) is 0.350. The lowest BCUT2D eigenvalue weighted by molar-refractivity contribution is -0.384. The molecule has 0 spiro atoms. The number of rotatable bonds is 6. The van der Waals surface area contributed by atoms with Crippen molar-refractivity contribution in [2.75, 3.05) is 7.05 Å². The first kappa shape index (κ1) is 20.2. The third kappa shape index (κ3) is 6.62. The van der Waals surface area contributed by atoms with Crippen LogP contribution in [0.4, 0.5) is 5.69 Å². The summed E-state index contributed by atoms with van der Waals surface area (Å²) < 4.78 is 6.00. The number of para-hydroxylation sites is 1. The molecule has 0 radical (unpaired) electrons. The van der Waals surface area contributed by atoms with Crippen molar-refractivity contribution >= 4 is 11.6 Å². The molecule has 2 rings (SSSR count). The average molecular weight is 370 g/mol. The summed E-state index contributed by atoms with van der Waals surface area (Å²) >= 11 is 0. The highest BCUT2D eigenvalue weighted by Crippen LogP contribution is 2.22. The average Bonchev–Trinajstić information content (AvgIpc) is 2.62. The van der Waals surface area contributed by atoms with E-state index < -0.39 is 4.92 Å². The van der Waals surface area contributed by atoms with E-state index in [1.165, 1.54) is 12.1 Å². The molecule has 144 valence electrons. The molecule has 0 aliphatic carbocycles. The fourth-order valence-corrected chi connectivity index (χ4v) is 2.40. The normalized spacial score (nSPS) is 11.8. The maximum atomic E-state index is 10.7. The van der Waals surface area contributed by atoms with Gasteiger partial charge in [-0.1, -0.05) is 30.3 Å². The quantitative estimate of drug-likeness (QED) is 0.351. The van der Waals surface area contributed by atoms with Crippen LogP contribution in [0.3, 0.4) is 0 Å². The molecule has 7 heteroatoms. The van der Waals surface area contributed by atoms with E-state index in [1.807, 2.05) is 45.0 Å². The Morgan fingerprint density at radius 2 is 1.70 bits per heavy atom. The molecule has 0 heterocycles. The first-order valence-corrected chi connectivity index (χ1v) is 8.73. The summed E-state index contributed by atoms with van der Waals surface area (Å²) in [5, 5.41) is 17.2. The van der Waals surface area contributed by atoms with E-state index in [9.17, 15) is 10.1 Å². The Kier molecular flexibility index (Phi) is 6.76. The summed E-state index contributed by atoms with van der Waals surface area (Å²) in [6.07, 6.45) is 0. The number of guanidine groups is 1. The Bertz CT molecular complexity index is 796. The van der Waals surface area contributed by atoms with Gasteiger partial charge in [0.25, 0.3) is 5.69 Å². The molecule has 0 aromatic heterocycles. The van der Waals surface area contributed by atoms with Crippen molar-refractivity contribution in [3.63, 3.8) is 0 Å². The van der Waals surface area contributed by atoms with Crippen molar-refractivity contribution < 1.29 is 9.66 Å². The molecule has 2 N–H and O–H groups in total. The molecule has 0 fully saturated rings. The number of nitro benzene ring substituents is 1. The maximum absolute atomic E-state index is 10.7. The van der Waals surface area contributed by atoms with Gasteiger partial charge in [-0.25, -0.2) is 0 Å². The highest BCUT2D eigenvalue weighted by atomic mass is 16.6. The van der Waals surface area contributed by atoms with E-state index in [1.54, 1.807) is 19.2 Å². The molecule has 0 aliphatic rings. The molecule has 27 heavy (non-hydrogen) atoms. The van der Waals surface area contributed by atoms with Crippen molar-refractivity contribution in [2.45, 2.75) is 39.5 Å². The van der Waals surface area contributed by atoms with E-state index >= 15 is 0 Å². The van der Waals surface area contributed by atoms with Gasteiger partial charge in [0, 0.05) is 37.8 Å². The number of nitrogens with one attached hydrogen (secondary N) is 2. The Labute approximate surface area is 159 Å². The van der Waals surface area contributed by atoms with Crippen LogP contribution in [0.15, 0.2) is 53.5 Å². The number of benzene rings is 2. The minimum atomic E-state index is -0.408. The largest absolute Gasteiger partial charge is 0.488 e. The Morgan fingerprint density at radius 1 is 1.07 bits per heavy atom. The van der Waals surface area contributed by atoms with Crippen LogP contribution in [-0.4, -0.2) is 23.5 Å². The molecule has 0 saturated heterocycles. The molecule has 2 aromatic rings. The third-order valence-corrected chi connectivity index (χ3v) is 3.67. The zero-order chi connectivity index (χ0) is 19.9. The topological polar surface area (TPSA) is 88.8 Å². The number of ether oxygens (including phenoxy) is 1. The van der Waals surface area contributed by atoms with Gasteiger partial charge in [-0.05, 0) is 32.4 Å². The molecule has 0 aliphatic heterocycles. The van der Waals surface area contributed by atoms with E-state index in [4.69, 9.17) is 4.74 Å².